The van der Waals surface area contributed by atoms with E-state index < -0.39 is 0 Å². The fourth-order valence-electron chi connectivity index (χ4n) is 3.39. The van der Waals surface area contributed by atoms with E-state index in [1.54, 1.807) is 11.6 Å². The fraction of sp³-hybridized carbons (Fsp3) is 0.389. The summed E-state index contributed by atoms with van der Waals surface area (Å²) in [6.07, 6.45) is 3.75. The number of nitrogens with zero attached hydrogens (tertiary/aromatic N) is 5. The average molecular weight is 392 g/mol. The van der Waals surface area contributed by atoms with Gasteiger partial charge in [-0.05, 0) is 36.5 Å². The molecule has 2 aromatic heterocycles. The van der Waals surface area contributed by atoms with Crippen molar-refractivity contribution in [3.63, 3.8) is 0 Å². The second-order valence-corrected chi connectivity index (χ2v) is 7.36. The Labute approximate surface area is 161 Å². The van der Waals surface area contributed by atoms with E-state index in [1.165, 1.54) is 6.33 Å². The molecule has 1 saturated heterocycles. The van der Waals surface area contributed by atoms with Crippen molar-refractivity contribution in [2.75, 3.05) is 25.1 Å². The first-order valence-corrected chi connectivity index (χ1v) is 9.32. The number of halogens is 2. The van der Waals surface area contributed by atoms with Gasteiger partial charge in [-0.3, -0.25) is 0 Å². The van der Waals surface area contributed by atoms with Crippen LogP contribution in [0.4, 0.5) is 5.82 Å². The lowest BCUT2D eigenvalue weighted by atomic mass is 9.98. The van der Waals surface area contributed by atoms with Gasteiger partial charge in [0.2, 0.25) is 0 Å². The molecule has 0 atom stereocenters. The molecule has 1 aromatic carbocycles. The molecule has 1 aliphatic heterocycles. The highest BCUT2D eigenvalue weighted by Crippen LogP contribution is 2.40. The van der Waals surface area contributed by atoms with Crippen LogP contribution in [0.1, 0.15) is 19.8 Å². The number of methoxy groups -OCH3 is 1. The van der Waals surface area contributed by atoms with E-state index >= 15 is 0 Å². The first kappa shape index (κ1) is 17.4. The number of hydrogen-bond donors (Lipinski definition) is 0. The quantitative estimate of drug-likeness (QED) is 0.621. The van der Waals surface area contributed by atoms with E-state index in [2.05, 4.69) is 26.9 Å². The lowest BCUT2D eigenvalue weighted by Gasteiger charge is -2.33. The van der Waals surface area contributed by atoms with Crippen molar-refractivity contribution >= 4 is 34.8 Å². The SMILES string of the molecule is COc1ccc(-c2c(Cl)nc3ncnn3c2N2CCC(C)CC2)cc1Cl. The summed E-state index contributed by atoms with van der Waals surface area (Å²) < 4.78 is 7.02. The molecule has 0 spiro atoms. The molecule has 136 valence electrons. The molecule has 0 saturated carbocycles. The molecule has 0 amide bonds. The Morgan fingerprint density at radius 1 is 1.19 bits per heavy atom. The van der Waals surface area contributed by atoms with Gasteiger partial charge >= 0.3 is 0 Å². The van der Waals surface area contributed by atoms with Crippen LogP contribution in [0.5, 0.6) is 5.75 Å². The van der Waals surface area contributed by atoms with Gasteiger partial charge in [0.1, 0.15) is 23.0 Å². The molecule has 8 heteroatoms. The van der Waals surface area contributed by atoms with Crippen LogP contribution in [0.25, 0.3) is 16.9 Å². The number of hydrogen-bond acceptors (Lipinski definition) is 5. The van der Waals surface area contributed by atoms with Crippen LogP contribution < -0.4 is 9.64 Å². The maximum atomic E-state index is 6.58. The van der Waals surface area contributed by atoms with Crippen molar-refractivity contribution in [3.8, 4) is 16.9 Å². The standard InChI is InChI=1S/C18H19Cl2N5O/c1-11-5-7-24(8-6-11)17-15(12-3-4-14(26-2)13(19)9-12)16(20)23-18-21-10-22-25(17)18/h3-4,9-11H,5-8H2,1-2H3. The molecule has 3 heterocycles. The summed E-state index contributed by atoms with van der Waals surface area (Å²) in [5, 5.41) is 5.30. The third-order valence-electron chi connectivity index (χ3n) is 4.88. The van der Waals surface area contributed by atoms with E-state index in [9.17, 15) is 0 Å². The molecule has 0 bridgehead atoms. The summed E-state index contributed by atoms with van der Waals surface area (Å²) in [4.78, 5) is 10.9. The Balaban J connectivity index is 1.92. The van der Waals surface area contributed by atoms with E-state index in [4.69, 9.17) is 27.9 Å². The van der Waals surface area contributed by atoms with Gasteiger partial charge in [-0.25, -0.2) is 0 Å². The summed E-state index contributed by atoms with van der Waals surface area (Å²) in [6.45, 7) is 4.16. The van der Waals surface area contributed by atoms with Gasteiger partial charge in [0, 0.05) is 13.1 Å². The fourth-order valence-corrected chi connectivity index (χ4v) is 3.91. The molecule has 3 aromatic rings. The number of fused-ring (bicyclic) bond motifs is 1. The highest BCUT2D eigenvalue weighted by molar-refractivity contribution is 6.34. The second kappa shape index (κ2) is 6.93. The number of benzene rings is 1. The van der Waals surface area contributed by atoms with E-state index in [0.717, 1.165) is 42.9 Å². The Morgan fingerprint density at radius 2 is 1.96 bits per heavy atom. The number of aromatic nitrogens is 4. The zero-order chi connectivity index (χ0) is 18.3. The van der Waals surface area contributed by atoms with Crippen molar-refractivity contribution in [2.24, 2.45) is 5.92 Å². The largest absolute Gasteiger partial charge is 0.495 e. The Hall–Kier alpha value is -2.05. The van der Waals surface area contributed by atoms with Crippen molar-refractivity contribution in [2.45, 2.75) is 19.8 Å². The molecule has 0 aliphatic carbocycles. The number of anilines is 1. The third kappa shape index (κ3) is 2.97. The van der Waals surface area contributed by atoms with E-state index in [-0.39, 0.29) is 0 Å². The van der Waals surface area contributed by atoms with Crippen LogP contribution in [0.3, 0.4) is 0 Å². The van der Waals surface area contributed by atoms with Crippen molar-refractivity contribution in [1.82, 2.24) is 19.6 Å². The molecule has 0 N–H and O–H groups in total. The van der Waals surface area contributed by atoms with E-state index in [0.29, 0.717) is 27.6 Å². The predicted molar refractivity (Wildman–Crippen MR) is 103 cm³/mol. The van der Waals surface area contributed by atoms with Crippen LogP contribution in [-0.4, -0.2) is 39.8 Å². The first-order chi connectivity index (χ1) is 12.6. The Morgan fingerprint density at radius 3 is 2.65 bits per heavy atom. The van der Waals surface area contributed by atoms with Gasteiger partial charge in [0.15, 0.2) is 0 Å². The molecule has 1 fully saturated rings. The predicted octanol–water partition coefficient (Wildman–Crippen LogP) is 4.34. The second-order valence-electron chi connectivity index (χ2n) is 6.59. The molecule has 26 heavy (non-hydrogen) atoms. The van der Waals surface area contributed by atoms with E-state index in [1.807, 2.05) is 18.2 Å². The summed E-state index contributed by atoms with van der Waals surface area (Å²) in [7, 11) is 1.59. The minimum atomic E-state index is 0.389. The van der Waals surface area contributed by atoms with Crippen molar-refractivity contribution in [3.05, 3.63) is 34.7 Å². The highest BCUT2D eigenvalue weighted by atomic mass is 35.5. The topological polar surface area (TPSA) is 55.6 Å². The smallest absolute Gasteiger partial charge is 0.255 e. The monoisotopic (exact) mass is 391 g/mol. The summed E-state index contributed by atoms with van der Waals surface area (Å²) in [5.74, 6) is 2.74. The zero-order valence-corrected chi connectivity index (χ0v) is 16.1. The molecular formula is C18H19Cl2N5O. The Kier molecular flexibility index (Phi) is 4.63. The minimum absolute atomic E-state index is 0.389. The van der Waals surface area contributed by atoms with Crippen LogP contribution in [-0.2, 0) is 0 Å². The van der Waals surface area contributed by atoms with Gasteiger partial charge in [-0.15, -0.1) is 0 Å². The summed E-state index contributed by atoms with van der Waals surface area (Å²) >= 11 is 12.9. The third-order valence-corrected chi connectivity index (χ3v) is 5.45. The van der Waals surface area contributed by atoms with Gasteiger partial charge in [0.25, 0.3) is 5.78 Å². The minimum Gasteiger partial charge on any atom is -0.495 e. The lowest BCUT2D eigenvalue weighted by molar-refractivity contribution is 0.415. The number of ether oxygens (including phenoxy) is 1. The normalized spacial score (nSPS) is 15.6. The lowest BCUT2D eigenvalue weighted by Crippen LogP contribution is -2.34. The molecule has 4 rings (SSSR count). The summed E-state index contributed by atoms with van der Waals surface area (Å²) in [5.41, 5.74) is 1.68. The van der Waals surface area contributed by atoms with Gasteiger partial charge in [0.05, 0.1) is 17.7 Å². The van der Waals surface area contributed by atoms with Gasteiger partial charge in [-0.2, -0.15) is 19.6 Å². The van der Waals surface area contributed by atoms with Crippen molar-refractivity contribution in [1.29, 1.82) is 0 Å². The van der Waals surface area contributed by atoms with Gasteiger partial charge in [-0.1, -0.05) is 36.2 Å². The molecule has 0 unspecified atom stereocenters. The summed E-state index contributed by atoms with van der Waals surface area (Å²) in [6, 6.07) is 5.62. The maximum absolute atomic E-state index is 6.58. The number of rotatable bonds is 3. The van der Waals surface area contributed by atoms with Crippen LogP contribution in [0, 0.1) is 5.92 Å². The highest BCUT2D eigenvalue weighted by Gasteiger charge is 2.25. The van der Waals surface area contributed by atoms with Gasteiger partial charge < -0.3 is 9.64 Å². The molecular weight excluding hydrogens is 373 g/mol. The van der Waals surface area contributed by atoms with Crippen LogP contribution >= 0.6 is 23.2 Å². The average Bonchev–Trinajstić information content (AvgIpc) is 3.09. The molecule has 0 radical (unpaired) electrons. The zero-order valence-electron chi connectivity index (χ0n) is 14.6. The Bertz CT molecular complexity index is 950. The molecule has 1 aliphatic rings. The maximum Gasteiger partial charge on any atom is 0.255 e. The number of piperidine rings is 1. The van der Waals surface area contributed by atoms with Crippen LogP contribution in [0.15, 0.2) is 24.5 Å². The first-order valence-electron chi connectivity index (χ1n) is 8.56. The van der Waals surface area contributed by atoms with Crippen LogP contribution in [0.2, 0.25) is 10.2 Å². The van der Waals surface area contributed by atoms with Crippen molar-refractivity contribution < 1.29 is 4.74 Å². The molecule has 6 nitrogen and oxygen atoms in total.